The Bertz CT molecular complexity index is 1100. The maximum Gasteiger partial charge on any atom is 0.362 e. The van der Waals surface area contributed by atoms with Crippen molar-refractivity contribution in [1.82, 2.24) is 14.5 Å². The highest BCUT2D eigenvalue weighted by Crippen LogP contribution is 2.47. The lowest BCUT2D eigenvalue weighted by Crippen LogP contribution is -2.58. The molecule has 3 heterocycles. The first-order valence-corrected chi connectivity index (χ1v) is 13.6. The first-order valence-electron chi connectivity index (χ1n) is 13.6. The number of carbonyl (C=O) groups excluding carboxylic acids is 1. The number of fused-ring (bicyclic) bond motifs is 5. The van der Waals surface area contributed by atoms with Crippen molar-refractivity contribution in [2.75, 3.05) is 6.61 Å². The molecule has 6 heteroatoms. The standard InChI is InChI=1S/C28H37N3O3/c1-2-34-28(33)26-27(32)31(25-12-4-3-11-24(25)29-26)23-16-20-9-6-10-21(17-23)30(20)22-14-18-7-5-8-19(13-18)15-22/h3-4,11-12,18-23H,2,5-10,13-17H2,1H3. The van der Waals surface area contributed by atoms with E-state index in [-0.39, 0.29) is 23.9 Å². The number of hydrogen-bond donors (Lipinski definition) is 0. The molecular formula is C28H37N3O3. The van der Waals surface area contributed by atoms with Gasteiger partial charge in [-0.25, -0.2) is 9.78 Å². The number of benzene rings is 1. The van der Waals surface area contributed by atoms with Gasteiger partial charge in [-0.05, 0) is 75.8 Å². The largest absolute Gasteiger partial charge is 0.461 e. The topological polar surface area (TPSA) is 64.4 Å². The van der Waals surface area contributed by atoms with Crippen LogP contribution in [0.1, 0.15) is 94.1 Å². The summed E-state index contributed by atoms with van der Waals surface area (Å²) in [6.07, 6.45) is 14.2. The molecule has 4 fully saturated rings. The molecule has 182 valence electrons. The maximum absolute atomic E-state index is 13.6. The van der Waals surface area contributed by atoms with Crippen molar-refractivity contribution < 1.29 is 9.53 Å². The summed E-state index contributed by atoms with van der Waals surface area (Å²) in [6.45, 7) is 1.99. The van der Waals surface area contributed by atoms with Crippen molar-refractivity contribution in [3.8, 4) is 0 Å². The average Bonchev–Trinajstić information content (AvgIpc) is 2.82. The van der Waals surface area contributed by atoms with Gasteiger partial charge in [0.25, 0.3) is 5.56 Å². The first-order chi connectivity index (χ1) is 16.6. The van der Waals surface area contributed by atoms with Crippen LogP contribution in [-0.4, -0.2) is 45.2 Å². The number of aromatic nitrogens is 2. The summed E-state index contributed by atoms with van der Waals surface area (Å²) in [4.78, 5) is 33.5. The third kappa shape index (κ3) is 3.88. The minimum absolute atomic E-state index is 0.0757. The van der Waals surface area contributed by atoms with Crippen molar-refractivity contribution in [3.05, 3.63) is 40.3 Å². The quantitative estimate of drug-likeness (QED) is 0.590. The van der Waals surface area contributed by atoms with Crippen LogP contribution in [-0.2, 0) is 4.74 Å². The Labute approximate surface area is 201 Å². The number of carbonyl (C=O) groups is 1. The second-order valence-corrected chi connectivity index (χ2v) is 11.2. The van der Waals surface area contributed by atoms with E-state index in [4.69, 9.17) is 4.74 Å². The van der Waals surface area contributed by atoms with E-state index in [0.29, 0.717) is 17.6 Å². The van der Waals surface area contributed by atoms with Crippen LogP contribution < -0.4 is 5.56 Å². The number of esters is 1. The third-order valence-electron chi connectivity index (χ3n) is 9.16. The van der Waals surface area contributed by atoms with Crippen molar-refractivity contribution >= 4 is 17.0 Å². The Morgan fingerprint density at radius 3 is 2.29 bits per heavy atom. The molecule has 2 saturated carbocycles. The summed E-state index contributed by atoms with van der Waals surface area (Å²) in [7, 11) is 0. The smallest absolute Gasteiger partial charge is 0.362 e. The van der Waals surface area contributed by atoms with Gasteiger partial charge in [0.05, 0.1) is 17.6 Å². The van der Waals surface area contributed by atoms with Crippen molar-refractivity contribution in [3.63, 3.8) is 0 Å². The Morgan fingerprint density at radius 2 is 1.59 bits per heavy atom. The molecule has 0 N–H and O–H groups in total. The maximum atomic E-state index is 13.6. The minimum atomic E-state index is -0.613. The predicted octanol–water partition coefficient (Wildman–Crippen LogP) is 5.10. The fourth-order valence-corrected chi connectivity index (χ4v) is 7.98. The molecule has 6 nitrogen and oxygen atoms in total. The summed E-state index contributed by atoms with van der Waals surface area (Å²) < 4.78 is 7.08. The Balaban J connectivity index is 1.34. The zero-order chi connectivity index (χ0) is 23.2. The second kappa shape index (κ2) is 9.10. The van der Waals surface area contributed by atoms with Gasteiger partial charge in [0.2, 0.25) is 5.69 Å². The normalized spacial score (nSPS) is 33.6. The first kappa shape index (κ1) is 22.3. The third-order valence-corrected chi connectivity index (χ3v) is 9.16. The lowest BCUT2D eigenvalue weighted by molar-refractivity contribution is -0.0486. The molecule has 6 rings (SSSR count). The van der Waals surface area contributed by atoms with Gasteiger partial charge in [0, 0.05) is 24.2 Å². The molecule has 2 aromatic rings. The molecule has 0 spiro atoms. The van der Waals surface area contributed by atoms with E-state index in [0.717, 1.165) is 36.2 Å². The minimum Gasteiger partial charge on any atom is -0.461 e. The van der Waals surface area contributed by atoms with E-state index in [1.807, 2.05) is 28.8 Å². The summed E-state index contributed by atoms with van der Waals surface area (Å²) in [5, 5.41) is 0. The van der Waals surface area contributed by atoms with Gasteiger partial charge >= 0.3 is 5.97 Å². The van der Waals surface area contributed by atoms with Crippen LogP contribution in [0.5, 0.6) is 0 Å². The number of ether oxygens (including phenoxy) is 1. The van der Waals surface area contributed by atoms with E-state index in [9.17, 15) is 9.59 Å². The molecule has 0 radical (unpaired) electrons. The molecule has 4 bridgehead atoms. The van der Waals surface area contributed by atoms with E-state index < -0.39 is 5.97 Å². The average molecular weight is 464 g/mol. The Morgan fingerprint density at radius 1 is 0.912 bits per heavy atom. The molecule has 0 amide bonds. The fraction of sp³-hybridized carbons (Fsp3) is 0.679. The van der Waals surface area contributed by atoms with Crippen LogP contribution in [0.2, 0.25) is 0 Å². The van der Waals surface area contributed by atoms with Crippen LogP contribution >= 0.6 is 0 Å². The van der Waals surface area contributed by atoms with Crippen molar-refractivity contribution in [1.29, 1.82) is 0 Å². The van der Waals surface area contributed by atoms with Gasteiger partial charge in [-0.1, -0.05) is 37.8 Å². The van der Waals surface area contributed by atoms with Gasteiger partial charge in [-0.15, -0.1) is 0 Å². The van der Waals surface area contributed by atoms with Crippen molar-refractivity contribution in [2.45, 2.75) is 102 Å². The van der Waals surface area contributed by atoms with Crippen LogP contribution in [0.3, 0.4) is 0 Å². The monoisotopic (exact) mass is 463 g/mol. The van der Waals surface area contributed by atoms with Crippen molar-refractivity contribution in [2.24, 2.45) is 11.8 Å². The van der Waals surface area contributed by atoms with E-state index in [1.54, 1.807) is 6.92 Å². The lowest BCUT2D eigenvalue weighted by atomic mass is 9.68. The second-order valence-electron chi connectivity index (χ2n) is 11.2. The summed E-state index contributed by atoms with van der Waals surface area (Å²) in [5.74, 6) is 1.24. The van der Waals surface area contributed by atoms with Gasteiger partial charge in [-0.2, -0.15) is 0 Å². The highest BCUT2D eigenvalue weighted by atomic mass is 16.5. The molecule has 4 atom stereocenters. The molecule has 2 aliphatic carbocycles. The lowest BCUT2D eigenvalue weighted by Gasteiger charge is -2.55. The molecule has 2 aliphatic heterocycles. The predicted molar refractivity (Wildman–Crippen MR) is 132 cm³/mol. The molecule has 2 saturated heterocycles. The van der Waals surface area contributed by atoms with E-state index in [2.05, 4.69) is 9.88 Å². The Kier molecular flexibility index (Phi) is 5.96. The SMILES string of the molecule is CCOC(=O)c1nc2ccccc2n(C2CC3CCCC(C2)N3C2CC3CCCC(C3)C2)c1=O. The van der Waals surface area contributed by atoms with Gasteiger partial charge < -0.3 is 9.30 Å². The number of hydrogen-bond acceptors (Lipinski definition) is 5. The summed E-state index contributed by atoms with van der Waals surface area (Å²) in [5.41, 5.74) is 1.16. The molecule has 4 aliphatic rings. The highest BCUT2D eigenvalue weighted by molar-refractivity contribution is 5.89. The van der Waals surface area contributed by atoms with Gasteiger partial charge in [-0.3, -0.25) is 9.69 Å². The van der Waals surface area contributed by atoms with Gasteiger partial charge in [0.15, 0.2) is 0 Å². The van der Waals surface area contributed by atoms with Gasteiger partial charge in [0.1, 0.15) is 0 Å². The summed E-state index contributed by atoms with van der Waals surface area (Å²) >= 11 is 0. The number of rotatable bonds is 4. The number of nitrogens with zero attached hydrogens (tertiary/aromatic N) is 3. The molecule has 4 unspecified atom stereocenters. The number of para-hydroxylation sites is 2. The zero-order valence-electron chi connectivity index (χ0n) is 20.3. The zero-order valence-corrected chi connectivity index (χ0v) is 20.3. The molecular weight excluding hydrogens is 426 g/mol. The van der Waals surface area contributed by atoms with E-state index >= 15 is 0 Å². The van der Waals surface area contributed by atoms with Crippen LogP contribution in [0.4, 0.5) is 0 Å². The highest BCUT2D eigenvalue weighted by Gasteiger charge is 2.45. The fourth-order valence-electron chi connectivity index (χ4n) is 7.98. The molecule has 34 heavy (non-hydrogen) atoms. The molecule has 1 aromatic heterocycles. The molecule has 1 aromatic carbocycles. The van der Waals surface area contributed by atoms with Crippen LogP contribution in [0.25, 0.3) is 11.0 Å². The van der Waals surface area contributed by atoms with E-state index in [1.165, 1.54) is 57.8 Å². The Hall–Kier alpha value is -2.21. The summed E-state index contributed by atoms with van der Waals surface area (Å²) in [6, 6.07) is 9.63. The van der Waals surface area contributed by atoms with Crippen LogP contribution in [0.15, 0.2) is 29.1 Å². The number of piperidine rings is 2. The van der Waals surface area contributed by atoms with Crippen LogP contribution in [0, 0.1) is 11.8 Å².